The molecule has 0 radical (unpaired) electrons. The summed E-state index contributed by atoms with van der Waals surface area (Å²) in [6.07, 6.45) is 9.44. The van der Waals surface area contributed by atoms with Crippen LogP contribution in [0.15, 0.2) is 0 Å². The maximum absolute atomic E-state index is 12.5. The first-order valence-electron chi connectivity index (χ1n) is 8.43. The molecule has 4 bridgehead atoms. The molecule has 0 aromatic carbocycles. The van der Waals surface area contributed by atoms with Crippen LogP contribution >= 0.6 is 15.9 Å². The quantitative estimate of drug-likeness (QED) is 0.736. The minimum Gasteiger partial charge on any atom is -0.383 e. The summed E-state index contributed by atoms with van der Waals surface area (Å²) in [6.45, 7) is 2.71. The van der Waals surface area contributed by atoms with Gasteiger partial charge in [-0.25, -0.2) is 0 Å². The minimum atomic E-state index is 0.161. The Bertz CT molecular complexity index is 398. The SMILES string of the molecule is CCC(COC)NC(=O)CC12CC3CC(CC(Br)(C3)C1)C2. The topological polar surface area (TPSA) is 38.3 Å². The van der Waals surface area contributed by atoms with E-state index in [2.05, 4.69) is 28.2 Å². The molecule has 0 spiro atoms. The van der Waals surface area contributed by atoms with Crippen molar-refractivity contribution in [1.82, 2.24) is 5.32 Å². The highest BCUT2D eigenvalue weighted by Gasteiger charge is 2.57. The standard InChI is InChI=1S/C17H28BrNO2/c1-3-14(10-21-2)19-15(20)9-16-5-12-4-13(6-16)8-17(18,7-12)11-16/h12-14H,3-11H2,1-2H3,(H,19,20). The summed E-state index contributed by atoms with van der Waals surface area (Å²) in [5.74, 6) is 1.93. The Morgan fingerprint density at radius 3 is 2.52 bits per heavy atom. The average molecular weight is 358 g/mol. The van der Waals surface area contributed by atoms with Crippen LogP contribution in [0.1, 0.15) is 58.3 Å². The lowest BCUT2D eigenvalue weighted by Crippen LogP contribution is -2.54. The molecule has 0 aliphatic heterocycles. The molecule has 1 amide bonds. The van der Waals surface area contributed by atoms with Crippen LogP contribution in [0.25, 0.3) is 0 Å². The maximum Gasteiger partial charge on any atom is 0.220 e. The number of amides is 1. The molecule has 4 rings (SSSR count). The summed E-state index contributed by atoms with van der Waals surface area (Å²) >= 11 is 4.02. The van der Waals surface area contributed by atoms with Gasteiger partial charge in [0.1, 0.15) is 0 Å². The smallest absolute Gasteiger partial charge is 0.220 e. The predicted molar refractivity (Wildman–Crippen MR) is 87.5 cm³/mol. The van der Waals surface area contributed by atoms with Crippen LogP contribution in [0.2, 0.25) is 0 Å². The van der Waals surface area contributed by atoms with Gasteiger partial charge in [0.05, 0.1) is 12.6 Å². The van der Waals surface area contributed by atoms with E-state index in [1.54, 1.807) is 7.11 Å². The van der Waals surface area contributed by atoms with E-state index in [1.165, 1.54) is 38.5 Å². The second kappa shape index (κ2) is 5.84. The van der Waals surface area contributed by atoms with Crippen LogP contribution in [0.4, 0.5) is 0 Å². The summed E-state index contributed by atoms with van der Waals surface area (Å²) in [5.41, 5.74) is 0.267. The van der Waals surface area contributed by atoms with Crippen molar-refractivity contribution in [2.24, 2.45) is 17.3 Å². The summed E-state index contributed by atoms with van der Waals surface area (Å²) in [6, 6.07) is 0.161. The second-order valence-corrected chi connectivity index (χ2v) is 9.60. The summed E-state index contributed by atoms with van der Waals surface area (Å²) < 4.78 is 5.52. The van der Waals surface area contributed by atoms with E-state index in [-0.39, 0.29) is 17.4 Å². The van der Waals surface area contributed by atoms with Crippen LogP contribution in [0, 0.1) is 17.3 Å². The van der Waals surface area contributed by atoms with Gasteiger partial charge in [-0.05, 0) is 62.2 Å². The van der Waals surface area contributed by atoms with Gasteiger partial charge in [-0.3, -0.25) is 4.79 Å². The van der Waals surface area contributed by atoms with Gasteiger partial charge in [-0.15, -0.1) is 0 Å². The first kappa shape index (κ1) is 15.8. The zero-order chi connectivity index (χ0) is 15.1. The molecule has 21 heavy (non-hydrogen) atoms. The maximum atomic E-state index is 12.5. The number of rotatable bonds is 6. The van der Waals surface area contributed by atoms with Crippen LogP contribution in [0.5, 0.6) is 0 Å². The Balaban J connectivity index is 1.63. The van der Waals surface area contributed by atoms with Crippen molar-refractivity contribution in [1.29, 1.82) is 0 Å². The van der Waals surface area contributed by atoms with Crippen molar-refractivity contribution in [2.45, 2.75) is 68.7 Å². The third kappa shape index (κ3) is 3.31. The number of alkyl halides is 1. The Hall–Kier alpha value is -0.0900. The molecule has 4 heteroatoms. The lowest BCUT2D eigenvalue weighted by molar-refractivity contribution is -0.129. The van der Waals surface area contributed by atoms with E-state index < -0.39 is 0 Å². The largest absolute Gasteiger partial charge is 0.383 e. The molecule has 3 unspecified atom stereocenters. The lowest BCUT2D eigenvalue weighted by Gasteiger charge is -2.60. The van der Waals surface area contributed by atoms with Gasteiger partial charge in [-0.1, -0.05) is 22.9 Å². The number of ether oxygens (including phenoxy) is 1. The Kier molecular flexibility index (Phi) is 4.39. The molecule has 4 saturated carbocycles. The Labute approximate surface area is 136 Å². The first-order valence-corrected chi connectivity index (χ1v) is 9.22. The molecule has 0 aromatic rings. The summed E-state index contributed by atoms with van der Waals surface area (Å²) in [7, 11) is 1.70. The van der Waals surface area contributed by atoms with Gasteiger partial charge in [0.25, 0.3) is 0 Å². The third-order valence-electron chi connectivity index (χ3n) is 5.87. The van der Waals surface area contributed by atoms with Gasteiger partial charge in [0, 0.05) is 17.9 Å². The Morgan fingerprint density at radius 2 is 2.00 bits per heavy atom. The summed E-state index contributed by atoms with van der Waals surface area (Å²) in [5, 5.41) is 3.18. The van der Waals surface area contributed by atoms with Gasteiger partial charge in [-0.2, -0.15) is 0 Å². The highest BCUT2D eigenvalue weighted by Crippen LogP contribution is 2.65. The minimum absolute atomic E-state index is 0.161. The number of hydrogen-bond donors (Lipinski definition) is 1. The van der Waals surface area contributed by atoms with Gasteiger partial charge in [0.2, 0.25) is 5.91 Å². The van der Waals surface area contributed by atoms with Gasteiger partial charge in [0.15, 0.2) is 0 Å². The lowest BCUT2D eigenvalue weighted by atomic mass is 9.48. The molecule has 4 fully saturated rings. The monoisotopic (exact) mass is 357 g/mol. The number of carbonyl (C=O) groups is 1. The predicted octanol–water partition coefficient (Wildman–Crippen LogP) is 3.65. The normalized spacial score (nSPS) is 42.0. The fourth-order valence-corrected chi connectivity index (χ4v) is 7.14. The second-order valence-electron chi connectivity index (χ2n) is 7.92. The van der Waals surface area contributed by atoms with Crippen molar-refractivity contribution in [2.75, 3.05) is 13.7 Å². The van der Waals surface area contributed by atoms with Gasteiger partial charge < -0.3 is 10.1 Å². The zero-order valence-corrected chi connectivity index (χ0v) is 14.9. The molecule has 3 atom stereocenters. The molecular formula is C17H28BrNO2. The van der Waals surface area contributed by atoms with E-state index in [1.807, 2.05) is 0 Å². The number of carbonyl (C=O) groups excluding carboxylic acids is 1. The third-order valence-corrected chi connectivity index (χ3v) is 6.80. The van der Waals surface area contributed by atoms with Crippen LogP contribution in [-0.2, 0) is 9.53 Å². The van der Waals surface area contributed by atoms with Crippen LogP contribution < -0.4 is 5.32 Å². The fraction of sp³-hybridized carbons (Fsp3) is 0.941. The molecule has 3 nitrogen and oxygen atoms in total. The highest BCUT2D eigenvalue weighted by molar-refractivity contribution is 9.10. The molecule has 4 aliphatic carbocycles. The van der Waals surface area contributed by atoms with Crippen molar-refractivity contribution >= 4 is 21.8 Å². The van der Waals surface area contributed by atoms with Crippen molar-refractivity contribution in [3.05, 3.63) is 0 Å². The van der Waals surface area contributed by atoms with Gasteiger partial charge >= 0.3 is 0 Å². The molecular weight excluding hydrogens is 330 g/mol. The summed E-state index contributed by atoms with van der Waals surface area (Å²) in [4.78, 5) is 12.5. The number of halogens is 1. The van der Waals surface area contributed by atoms with Crippen molar-refractivity contribution in [3.63, 3.8) is 0 Å². The van der Waals surface area contributed by atoms with Crippen LogP contribution in [0.3, 0.4) is 0 Å². The number of nitrogens with one attached hydrogen (secondary N) is 1. The number of methoxy groups -OCH3 is 1. The average Bonchev–Trinajstić information content (AvgIpc) is 2.34. The Morgan fingerprint density at radius 1 is 1.33 bits per heavy atom. The van der Waals surface area contributed by atoms with E-state index >= 15 is 0 Å². The van der Waals surface area contributed by atoms with Crippen molar-refractivity contribution in [3.8, 4) is 0 Å². The van der Waals surface area contributed by atoms with E-state index in [0.29, 0.717) is 17.4 Å². The molecule has 0 saturated heterocycles. The molecule has 120 valence electrons. The molecule has 0 heterocycles. The zero-order valence-electron chi connectivity index (χ0n) is 13.3. The molecule has 4 aliphatic rings. The molecule has 0 aromatic heterocycles. The van der Waals surface area contributed by atoms with Crippen molar-refractivity contribution < 1.29 is 9.53 Å². The van der Waals surface area contributed by atoms with E-state index in [4.69, 9.17) is 4.74 Å². The van der Waals surface area contributed by atoms with E-state index in [9.17, 15) is 4.79 Å². The fourth-order valence-electron chi connectivity index (χ4n) is 5.62. The van der Waals surface area contributed by atoms with E-state index in [0.717, 1.165) is 18.3 Å². The highest BCUT2D eigenvalue weighted by atomic mass is 79.9. The molecule has 1 N–H and O–H groups in total. The first-order chi connectivity index (χ1) is 9.96. The number of hydrogen-bond acceptors (Lipinski definition) is 2. The van der Waals surface area contributed by atoms with Crippen LogP contribution in [-0.4, -0.2) is 30.0 Å².